The molecule has 1 spiro atoms. The fourth-order valence-corrected chi connectivity index (χ4v) is 2.62. The second-order valence-corrected chi connectivity index (χ2v) is 5.15. The van der Waals surface area contributed by atoms with Crippen LogP contribution in [0.2, 0.25) is 0 Å². The summed E-state index contributed by atoms with van der Waals surface area (Å²) in [6.45, 7) is 7.29. The van der Waals surface area contributed by atoms with Gasteiger partial charge in [-0.05, 0) is 46.1 Å². The van der Waals surface area contributed by atoms with Crippen LogP contribution >= 0.6 is 0 Å². The van der Waals surface area contributed by atoms with E-state index >= 15 is 0 Å². The maximum Gasteiger partial charge on any atom is 0.188 e. The van der Waals surface area contributed by atoms with Crippen LogP contribution in [0.25, 0.3) is 0 Å². The summed E-state index contributed by atoms with van der Waals surface area (Å²) in [4.78, 5) is 0. The molecule has 0 aliphatic carbocycles. The monoisotopic (exact) mass is 196 g/mol. The smallest absolute Gasteiger partial charge is 0.188 e. The third-order valence-electron chi connectivity index (χ3n) is 2.89. The van der Waals surface area contributed by atoms with E-state index in [-0.39, 0.29) is 5.60 Å². The van der Waals surface area contributed by atoms with Crippen LogP contribution in [0.5, 0.6) is 0 Å². The van der Waals surface area contributed by atoms with E-state index in [0.717, 1.165) is 19.4 Å². The number of ether oxygens (including phenoxy) is 2. The highest BCUT2D eigenvalue weighted by Gasteiger charge is 2.41. The van der Waals surface area contributed by atoms with Gasteiger partial charge in [0.05, 0.1) is 12.2 Å². The van der Waals surface area contributed by atoms with Crippen molar-refractivity contribution in [3.05, 3.63) is 11.6 Å². The van der Waals surface area contributed by atoms with E-state index in [1.165, 1.54) is 18.4 Å². The third-order valence-corrected chi connectivity index (χ3v) is 2.89. The van der Waals surface area contributed by atoms with Crippen molar-refractivity contribution < 1.29 is 9.47 Å². The fraction of sp³-hybridized carbons (Fsp3) is 0.833. The molecule has 0 radical (unpaired) electrons. The Balaban J connectivity index is 2.21. The van der Waals surface area contributed by atoms with Crippen molar-refractivity contribution >= 4 is 0 Å². The van der Waals surface area contributed by atoms with Crippen molar-refractivity contribution in [1.29, 1.82) is 0 Å². The second-order valence-electron chi connectivity index (χ2n) is 5.15. The molecular weight excluding hydrogens is 176 g/mol. The van der Waals surface area contributed by atoms with Gasteiger partial charge in [-0.2, -0.15) is 0 Å². The predicted molar refractivity (Wildman–Crippen MR) is 56.1 cm³/mol. The molecule has 1 unspecified atom stereocenters. The summed E-state index contributed by atoms with van der Waals surface area (Å²) < 4.78 is 11.9. The summed E-state index contributed by atoms with van der Waals surface area (Å²) >= 11 is 0. The first-order chi connectivity index (χ1) is 6.52. The van der Waals surface area contributed by atoms with Gasteiger partial charge in [-0.25, -0.2) is 0 Å². The van der Waals surface area contributed by atoms with Crippen molar-refractivity contribution in [3.8, 4) is 0 Å². The Kier molecular flexibility index (Phi) is 2.44. The maximum absolute atomic E-state index is 6.07. The Labute approximate surface area is 86.3 Å². The summed E-state index contributed by atoms with van der Waals surface area (Å²) in [6, 6.07) is 0. The Morgan fingerprint density at radius 1 is 1.29 bits per heavy atom. The summed E-state index contributed by atoms with van der Waals surface area (Å²) in [6.07, 6.45) is 6.57. The molecule has 2 aliphatic heterocycles. The summed E-state index contributed by atoms with van der Waals surface area (Å²) in [5.41, 5.74) is 1.32. The molecule has 2 nitrogen and oxygen atoms in total. The van der Waals surface area contributed by atoms with Crippen molar-refractivity contribution in [2.75, 3.05) is 6.61 Å². The van der Waals surface area contributed by atoms with Crippen LogP contribution in [-0.2, 0) is 9.47 Å². The highest BCUT2D eigenvalue weighted by Crippen LogP contribution is 2.39. The van der Waals surface area contributed by atoms with Crippen LogP contribution in [0.4, 0.5) is 0 Å². The number of hydrogen-bond donors (Lipinski definition) is 0. The van der Waals surface area contributed by atoms with Gasteiger partial charge in [-0.15, -0.1) is 0 Å². The molecule has 2 heteroatoms. The first-order valence-electron chi connectivity index (χ1n) is 5.54. The molecular formula is C12H20O2. The average molecular weight is 196 g/mol. The zero-order valence-electron chi connectivity index (χ0n) is 9.43. The van der Waals surface area contributed by atoms with Gasteiger partial charge in [0.15, 0.2) is 5.79 Å². The first kappa shape index (κ1) is 10.2. The van der Waals surface area contributed by atoms with Crippen molar-refractivity contribution in [3.63, 3.8) is 0 Å². The van der Waals surface area contributed by atoms with Gasteiger partial charge in [-0.3, -0.25) is 0 Å². The van der Waals surface area contributed by atoms with Gasteiger partial charge < -0.3 is 9.47 Å². The zero-order chi connectivity index (χ0) is 10.2. The molecule has 1 fully saturated rings. The van der Waals surface area contributed by atoms with E-state index < -0.39 is 5.79 Å². The summed E-state index contributed by atoms with van der Waals surface area (Å²) in [5.74, 6) is -0.399. The molecule has 80 valence electrons. The van der Waals surface area contributed by atoms with Gasteiger partial charge in [0.25, 0.3) is 0 Å². The van der Waals surface area contributed by atoms with E-state index in [1.54, 1.807) is 0 Å². The Bertz CT molecular complexity index is 247. The van der Waals surface area contributed by atoms with E-state index in [0.29, 0.717) is 0 Å². The first-order valence-corrected chi connectivity index (χ1v) is 5.54. The van der Waals surface area contributed by atoms with Crippen LogP contribution < -0.4 is 0 Å². The molecule has 2 rings (SSSR count). The molecule has 14 heavy (non-hydrogen) atoms. The largest absolute Gasteiger partial charge is 0.346 e. The molecule has 0 aromatic carbocycles. The molecule has 0 bridgehead atoms. The van der Waals surface area contributed by atoms with Crippen LogP contribution in [0.1, 0.15) is 46.5 Å². The minimum absolute atomic E-state index is 0.0732. The van der Waals surface area contributed by atoms with Crippen molar-refractivity contribution in [2.45, 2.75) is 57.8 Å². The van der Waals surface area contributed by atoms with Crippen LogP contribution in [0, 0.1) is 0 Å². The third kappa shape index (κ3) is 2.01. The predicted octanol–water partition coefficient (Wildman–Crippen LogP) is 3.03. The lowest BCUT2D eigenvalue weighted by atomic mass is 9.91. The highest BCUT2D eigenvalue weighted by atomic mass is 16.7. The topological polar surface area (TPSA) is 18.5 Å². The zero-order valence-corrected chi connectivity index (χ0v) is 9.43. The standard InChI is InChI=1S/C12H20O2/c1-10-8-11(2,3)14-12(9-10)6-4-5-7-13-12/h9H,4-8H2,1-3H3. The lowest BCUT2D eigenvalue weighted by Crippen LogP contribution is -2.47. The Morgan fingerprint density at radius 3 is 2.64 bits per heavy atom. The van der Waals surface area contributed by atoms with E-state index in [2.05, 4.69) is 26.8 Å². The molecule has 0 aromatic rings. The highest BCUT2D eigenvalue weighted by molar-refractivity contribution is 5.14. The lowest BCUT2D eigenvalue weighted by molar-refractivity contribution is -0.274. The minimum Gasteiger partial charge on any atom is -0.346 e. The summed E-state index contributed by atoms with van der Waals surface area (Å²) in [5, 5.41) is 0. The molecule has 1 atom stereocenters. The summed E-state index contributed by atoms with van der Waals surface area (Å²) in [7, 11) is 0. The quantitative estimate of drug-likeness (QED) is 0.554. The van der Waals surface area contributed by atoms with E-state index in [9.17, 15) is 0 Å². The number of hydrogen-bond acceptors (Lipinski definition) is 2. The normalized spacial score (nSPS) is 36.9. The molecule has 0 aromatic heterocycles. The SMILES string of the molecule is CC1=CC2(CCCCO2)OC(C)(C)C1. The fourth-order valence-electron chi connectivity index (χ4n) is 2.62. The molecule has 0 amide bonds. The van der Waals surface area contributed by atoms with E-state index in [4.69, 9.17) is 9.47 Å². The van der Waals surface area contributed by atoms with Crippen molar-refractivity contribution in [1.82, 2.24) is 0 Å². The molecule has 1 saturated heterocycles. The second kappa shape index (κ2) is 3.35. The van der Waals surface area contributed by atoms with Gasteiger partial charge in [0, 0.05) is 6.42 Å². The van der Waals surface area contributed by atoms with Gasteiger partial charge in [0.2, 0.25) is 0 Å². The molecule has 2 aliphatic rings. The number of rotatable bonds is 0. The molecule has 2 heterocycles. The van der Waals surface area contributed by atoms with E-state index in [1.807, 2.05) is 0 Å². The Hall–Kier alpha value is -0.340. The van der Waals surface area contributed by atoms with Crippen LogP contribution in [0.15, 0.2) is 11.6 Å². The van der Waals surface area contributed by atoms with Gasteiger partial charge in [-0.1, -0.05) is 5.57 Å². The Morgan fingerprint density at radius 2 is 2.07 bits per heavy atom. The van der Waals surface area contributed by atoms with Crippen LogP contribution in [-0.4, -0.2) is 18.0 Å². The molecule has 0 N–H and O–H groups in total. The van der Waals surface area contributed by atoms with Crippen LogP contribution in [0.3, 0.4) is 0 Å². The van der Waals surface area contributed by atoms with Gasteiger partial charge in [0.1, 0.15) is 0 Å². The maximum atomic E-state index is 6.07. The lowest BCUT2D eigenvalue weighted by Gasteiger charge is -2.44. The minimum atomic E-state index is -0.399. The van der Waals surface area contributed by atoms with Gasteiger partial charge >= 0.3 is 0 Å². The van der Waals surface area contributed by atoms with Crippen molar-refractivity contribution in [2.24, 2.45) is 0 Å². The molecule has 0 saturated carbocycles. The average Bonchev–Trinajstić information content (AvgIpc) is 2.00.